The van der Waals surface area contributed by atoms with Crippen LogP contribution in [-0.2, 0) is 4.79 Å². The van der Waals surface area contributed by atoms with Gasteiger partial charge in [-0.3, -0.25) is 4.79 Å². The Bertz CT molecular complexity index is 784. The van der Waals surface area contributed by atoms with E-state index in [-0.39, 0.29) is 17.4 Å². The number of carbonyl (C=O) groups excluding carboxylic acids is 1. The standard InChI is InChI=1S/C23H28FNO3/c1-4-5-16(2)15-28-21-12-8-19(9-13-21)22(14-26)23(27)25-17(3)18-6-10-20(24)11-7-18/h6-14,16-17,26H,4-5,15H2,1-3H3,(H,25,27). The van der Waals surface area contributed by atoms with Gasteiger partial charge in [0.15, 0.2) is 0 Å². The molecule has 150 valence electrons. The lowest BCUT2D eigenvalue weighted by Gasteiger charge is -2.16. The Balaban J connectivity index is 1.99. The first-order valence-corrected chi connectivity index (χ1v) is 9.58. The van der Waals surface area contributed by atoms with Crippen LogP contribution in [0.5, 0.6) is 5.75 Å². The number of ether oxygens (including phenoxy) is 1. The molecule has 0 radical (unpaired) electrons. The number of amides is 1. The molecule has 2 aromatic carbocycles. The van der Waals surface area contributed by atoms with Crippen LogP contribution in [0.3, 0.4) is 0 Å². The van der Waals surface area contributed by atoms with E-state index >= 15 is 0 Å². The summed E-state index contributed by atoms with van der Waals surface area (Å²) in [4.78, 5) is 12.6. The monoisotopic (exact) mass is 385 g/mol. The molecule has 4 nitrogen and oxygen atoms in total. The minimum atomic E-state index is -0.412. The zero-order valence-corrected chi connectivity index (χ0v) is 16.6. The lowest BCUT2D eigenvalue weighted by molar-refractivity contribution is -0.116. The molecule has 0 fully saturated rings. The van der Waals surface area contributed by atoms with Crippen LogP contribution in [0.1, 0.15) is 50.8 Å². The topological polar surface area (TPSA) is 58.6 Å². The van der Waals surface area contributed by atoms with Gasteiger partial charge in [-0.05, 0) is 54.7 Å². The van der Waals surface area contributed by atoms with Crippen LogP contribution in [-0.4, -0.2) is 17.6 Å². The summed E-state index contributed by atoms with van der Waals surface area (Å²) >= 11 is 0. The molecular formula is C23H28FNO3. The van der Waals surface area contributed by atoms with Gasteiger partial charge in [0.2, 0.25) is 0 Å². The molecule has 5 heteroatoms. The van der Waals surface area contributed by atoms with Gasteiger partial charge in [0.25, 0.3) is 5.91 Å². The lowest BCUT2D eigenvalue weighted by Crippen LogP contribution is -2.27. The van der Waals surface area contributed by atoms with Crippen LogP contribution in [0.2, 0.25) is 0 Å². The van der Waals surface area contributed by atoms with E-state index < -0.39 is 5.91 Å². The lowest BCUT2D eigenvalue weighted by atomic mass is 10.0. The Morgan fingerprint density at radius 1 is 1.14 bits per heavy atom. The molecule has 2 rings (SSSR count). The second-order valence-corrected chi connectivity index (χ2v) is 7.02. The summed E-state index contributed by atoms with van der Waals surface area (Å²) in [6.07, 6.45) is 3.04. The third-order valence-corrected chi connectivity index (χ3v) is 4.57. The number of aliphatic hydroxyl groups is 1. The number of nitrogens with one attached hydrogen (secondary N) is 1. The number of aliphatic hydroxyl groups excluding tert-OH is 1. The van der Waals surface area contributed by atoms with E-state index in [9.17, 15) is 14.3 Å². The van der Waals surface area contributed by atoms with E-state index in [2.05, 4.69) is 19.2 Å². The molecule has 0 aromatic heterocycles. The maximum Gasteiger partial charge on any atom is 0.255 e. The fourth-order valence-corrected chi connectivity index (χ4v) is 2.92. The Morgan fingerprint density at radius 3 is 2.36 bits per heavy atom. The smallest absolute Gasteiger partial charge is 0.255 e. The summed E-state index contributed by atoms with van der Waals surface area (Å²) in [6.45, 7) is 6.74. The summed E-state index contributed by atoms with van der Waals surface area (Å²) in [6, 6.07) is 12.7. The maximum atomic E-state index is 13.0. The molecule has 2 unspecified atom stereocenters. The molecular weight excluding hydrogens is 357 g/mol. The van der Waals surface area contributed by atoms with Crippen molar-refractivity contribution in [2.24, 2.45) is 5.92 Å². The summed E-state index contributed by atoms with van der Waals surface area (Å²) in [5, 5.41) is 12.4. The molecule has 0 saturated carbocycles. The highest BCUT2D eigenvalue weighted by molar-refractivity contribution is 6.19. The van der Waals surface area contributed by atoms with Gasteiger partial charge in [-0.15, -0.1) is 0 Å². The van der Waals surface area contributed by atoms with Crippen molar-refractivity contribution in [1.29, 1.82) is 0 Å². The van der Waals surface area contributed by atoms with Crippen LogP contribution in [0.15, 0.2) is 54.8 Å². The average Bonchev–Trinajstić information content (AvgIpc) is 2.68. The summed E-state index contributed by atoms with van der Waals surface area (Å²) < 4.78 is 18.8. The van der Waals surface area contributed by atoms with E-state index in [1.54, 1.807) is 43.3 Å². The van der Waals surface area contributed by atoms with Crippen molar-refractivity contribution < 1.29 is 19.0 Å². The predicted molar refractivity (Wildman–Crippen MR) is 110 cm³/mol. The van der Waals surface area contributed by atoms with Crippen molar-refractivity contribution in [2.75, 3.05) is 6.61 Å². The number of benzene rings is 2. The quantitative estimate of drug-likeness (QED) is 0.448. The zero-order valence-electron chi connectivity index (χ0n) is 16.6. The van der Waals surface area contributed by atoms with Crippen LogP contribution in [0.25, 0.3) is 5.57 Å². The Labute approximate surface area is 166 Å². The van der Waals surface area contributed by atoms with E-state index in [1.165, 1.54) is 12.1 Å². The highest BCUT2D eigenvalue weighted by Gasteiger charge is 2.16. The first-order valence-electron chi connectivity index (χ1n) is 9.58. The zero-order chi connectivity index (χ0) is 20.5. The SMILES string of the molecule is CCCC(C)COc1ccc(C(=CO)C(=O)NC(C)c2ccc(F)cc2)cc1. The third-order valence-electron chi connectivity index (χ3n) is 4.57. The second-order valence-electron chi connectivity index (χ2n) is 7.02. The number of hydrogen-bond acceptors (Lipinski definition) is 3. The van der Waals surface area contributed by atoms with Crippen molar-refractivity contribution >= 4 is 11.5 Å². The van der Waals surface area contributed by atoms with Crippen molar-refractivity contribution in [2.45, 2.75) is 39.7 Å². The molecule has 0 heterocycles. The van der Waals surface area contributed by atoms with Crippen LogP contribution < -0.4 is 10.1 Å². The van der Waals surface area contributed by atoms with Crippen molar-refractivity contribution in [3.8, 4) is 5.75 Å². The molecule has 2 atom stereocenters. The number of hydrogen-bond donors (Lipinski definition) is 2. The van der Waals surface area contributed by atoms with Crippen LogP contribution in [0, 0.1) is 11.7 Å². The third kappa shape index (κ3) is 6.12. The predicted octanol–water partition coefficient (Wildman–Crippen LogP) is 5.42. The molecule has 0 spiro atoms. The molecule has 2 N–H and O–H groups in total. The summed E-state index contributed by atoms with van der Waals surface area (Å²) in [5.74, 6) is 0.467. The molecule has 1 amide bonds. The van der Waals surface area contributed by atoms with Crippen LogP contribution >= 0.6 is 0 Å². The first-order chi connectivity index (χ1) is 13.4. The van der Waals surface area contributed by atoms with Gasteiger partial charge in [-0.1, -0.05) is 44.5 Å². The molecule has 0 saturated heterocycles. The molecule has 0 aliphatic rings. The van der Waals surface area contributed by atoms with Gasteiger partial charge in [-0.25, -0.2) is 4.39 Å². The van der Waals surface area contributed by atoms with Gasteiger partial charge >= 0.3 is 0 Å². The van der Waals surface area contributed by atoms with E-state index in [4.69, 9.17) is 4.74 Å². The molecule has 0 aliphatic carbocycles. The number of carbonyl (C=O) groups is 1. The average molecular weight is 385 g/mol. The minimum Gasteiger partial charge on any atom is -0.515 e. The van der Waals surface area contributed by atoms with Gasteiger partial charge in [0.1, 0.15) is 11.6 Å². The molecule has 0 aliphatic heterocycles. The minimum absolute atomic E-state index is 0.153. The van der Waals surface area contributed by atoms with Crippen molar-refractivity contribution in [1.82, 2.24) is 5.32 Å². The highest BCUT2D eigenvalue weighted by atomic mass is 19.1. The fraction of sp³-hybridized carbons (Fsp3) is 0.348. The Morgan fingerprint density at radius 2 is 1.79 bits per heavy atom. The van der Waals surface area contributed by atoms with Gasteiger partial charge in [-0.2, -0.15) is 0 Å². The largest absolute Gasteiger partial charge is 0.515 e. The van der Waals surface area contributed by atoms with Gasteiger partial charge < -0.3 is 15.2 Å². The van der Waals surface area contributed by atoms with Crippen LogP contribution in [0.4, 0.5) is 4.39 Å². The normalized spacial score (nSPS) is 13.6. The molecule has 28 heavy (non-hydrogen) atoms. The van der Waals surface area contributed by atoms with Crippen molar-refractivity contribution in [3.05, 3.63) is 71.7 Å². The number of rotatable bonds is 9. The van der Waals surface area contributed by atoms with Gasteiger partial charge in [0, 0.05) is 0 Å². The molecule has 2 aromatic rings. The number of halogens is 1. The maximum absolute atomic E-state index is 13.0. The van der Waals surface area contributed by atoms with Gasteiger partial charge in [0.05, 0.1) is 24.5 Å². The van der Waals surface area contributed by atoms with E-state index in [0.29, 0.717) is 18.1 Å². The summed E-state index contributed by atoms with van der Waals surface area (Å²) in [5.41, 5.74) is 1.51. The summed E-state index contributed by atoms with van der Waals surface area (Å²) in [7, 11) is 0. The van der Waals surface area contributed by atoms with E-state index in [1.807, 2.05) is 0 Å². The Kier molecular flexibility index (Phi) is 8.05. The fourth-order valence-electron chi connectivity index (χ4n) is 2.92. The Hall–Kier alpha value is -2.82. The van der Waals surface area contributed by atoms with Crippen molar-refractivity contribution in [3.63, 3.8) is 0 Å². The van der Waals surface area contributed by atoms with E-state index in [0.717, 1.165) is 30.4 Å². The first kappa shape index (κ1) is 21.5. The second kappa shape index (κ2) is 10.5. The molecule has 0 bridgehead atoms. The highest BCUT2D eigenvalue weighted by Crippen LogP contribution is 2.21.